The highest BCUT2D eigenvalue weighted by atomic mass is 32.1. The molecule has 0 saturated heterocycles. The maximum absolute atomic E-state index is 12.6. The van der Waals surface area contributed by atoms with Crippen molar-refractivity contribution in [3.63, 3.8) is 0 Å². The van der Waals surface area contributed by atoms with E-state index in [0.717, 1.165) is 23.1 Å². The Labute approximate surface area is 110 Å². The Balaban J connectivity index is 2.37. The lowest BCUT2D eigenvalue weighted by Crippen LogP contribution is -2.23. The Morgan fingerprint density at radius 2 is 2.17 bits per heavy atom. The summed E-state index contributed by atoms with van der Waals surface area (Å²) >= 11 is 1.70. The third-order valence-corrected chi connectivity index (χ3v) is 4.80. The predicted octanol–water partition coefficient (Wildman–Crippen LogP) is 2.40. The summed E-state index contributed by atoms with van der Waals surface area (Å²) in [5.41, 5.74) is 1.38. The molecule has 96 valence electrons. The predicted molar refractivity (Wildman–Crippen MR) is 75.7 cm³/mol. The monoisotopic (exact) mass is 263 g/mol. The molecule has 0 fully saturated rings. The SMILES string of the molecule is CCn1c(NC)nc2sc3c(c2c1=O)CCCC3. The van der Waals surface area contributed by atoms with Gasteiger partial charge in [0.2, 0.25) is 5.95 Å². The summed E-state index contributed by atoms with van der Waals surface area (Å²) in [5, 5.41) is 3.89. The Morgan fingerprint density at radius 3 is 2.89 bits per heavy atom. The molecule has 0 saturated carbocycles. The molecule has 5 heteroatoms. The summed E-state index contributed by atoms with van der Waals surface area (Å²) in [4.78, 5) is 19.4. The maximum atomic E-state index is 12.6. The summed E-state index contributed by atoms with van der Waals surface area (Å²) < 4.78 is 1.73. The van der Waals surface area contributed by atoms with E-state index >= 15 is 0 Å². The minimum Gasteiger partial charge on any atom is -0.359 e. The molecule has 0 atom stereocenters. The van der Waals surface area contributed by atoms with Crippen LogP contribution in [0.2, 0.25) is 0 Å². The number of nitrogens with one attached hydrogen (secondary N) is 1. The van der Waals surface area contributed by atoms with E-state index in [1.54, 1.807) is 15.9 Å². The van der Waals surface area contributed by atoms with Crippen LogP contribution in [-0.4, -0.2) is 16.6 Å². The van der Waals surface area contributed by atoms with Gasteiger partial charge in [-0.05, 0) is 38.2 Å². The Kier molecular flexibility index (Phi) is 2.86. The van der Waals surface area contributed by atoms with Gasteiger partial charge in [0.15, 0.2) is 0 Å². The fraction of sp³-hybridized carbons (Fsp3) is 0.538. The van der Waals surface area contributed by atoms with E-state index in [1.807, 2.05) is 14.0 Å². The standard InChI is InChI=1S/C13H17N3OS/c1-3-16-12(17)10-8-6-4-5-7-9(8)18-11(10)15-13(16)14-2/h3-7H2,1-2H3,(H,14,15). The molecule has 0 aromatic carbocycles. The van der Waals surface area contributed by atoms with E-state index < -0.39 is 0 Å². The van der Waals surface area contributed by atoms with Gasteiger partial charge in [0.05, 0.1) is 5.39 Å². The fourth-order valence-electron chi connectivity index (χ4n) is 2.72. The Bertz CT molecular complexity index is 656. The van der Waals surface area contributed by atoms with Crippen molar-refractivity contribution in [1.29, 1.82) is 0 Å². The summed E-state index contributed by atoms with van der Waals surface area (Å²) in [6.07, 6.45) is 4.57. The average Bonchev–Trinajstić information content (AvgIpc) is 2.76. The van der Waals surface area contributed by atoms with Crippen LogP contribution in [0.4, 0.5) is 5.95 Å². The fourth-order valence-corrected chi connectivity index (χ4v) is 3.97. The quantitative estimate of drug-likeness (QED) is 0.905. The average molecular weight is 263 g/mol. The topological polar surface area (TPSA) is 46.9 Å². The van der Waals surface area contributed by atoms with E-state index in [2.05, 4.69) is 10.3 Å². The highest BCUT2D eigenvalue weighted by molar-refractivity contribution is 7.18. The molecule has 0 bridgehead atoms. The van der Waals surface area contributed by atoms with Crippen LogP contribution in [-0.2, 0) is 19.4 Å². The second kappa shape index (κ2) is 4.39. The largest absolute Gasteiger partial charge is 0.359 e. The molecule has 0 amide bonds. The van der Waals surface area contributed by atoms with Gasteiger partial charge in [0.25, 0.3) is 5.56 Å². The van der Waals surface area contributed by atoms with Gasteiger partial charge in [-0.15, -0.1) is 11.3 Å². The Hall–Kier alpha value is -1.36. The molecule has 1 aliphatic carbocycles. The summed E-state index contributed by atoms with van der Waals surface area (Å²) in [5.74, 6) is 0.675. The van der Waals surface area contributed by atoms with E-state index in [1.165, 1.54) is 23.3 Å². The van der Waals surface area contributed by atoms with Crippen molar-refractivity contribution in [1.82, 2.24) is 9.55 Å². The third-order valence-electron chi connectivity index (χ3n) is 3.61. The number of nitrogens with zero attached hydrogens (tertiary/aromatic N) is 2. The lowest BCUT2D eigenvalue weighted by atomic mass is 9.97. The first kappa shape index (κ1) is 11.7. The maximum Gasteiger partial charge on any atom is 0.263 e. The van der Waals surface area contributed by atoms with Crippen LogP contribution in [0, 0.1) is 0 Å². The number of hydrogen-bond donors (Lipinski definition) is 1. The van der Waals surface area contributed by atoms with Crippen LogP contribution in [0.5, 0.6) is 0 Å². The number of aryl methyl sites for hydroxylation is 2. The zero-order chi connectivity index (χ0) is 12.7. The molecule has 4 nitrogen and oxygen atoms in total. The van der Waals surface area contributed by atoms with Crippen molar-refractivity contribution in [2.45, 2.75) is 39.2 Å². The second-order valence-corrected chi connectivity index (χ2v) is 5.71. The molecule has 1 N–H and O–H groups in total. The first-order valence-corrected chi connectivity index (χ1v) is 7.30. The van der Waals surface area contributed by atoms with Crippen molar-refractivity contribution in [2.24, 2.45) is 0 Å². The van der Waals surface area contributed by atoms with Gasteiger partial charge in [-0.25, -0.2) is 4.98 Å². The molecule has 0 spiro atoms. The number of fused-ring (bicyclic) bond motifs is 3. The molecule has 2 heterocycles. The molecule has 2 aromatic rings. The van der Waals surface area contributed by atoms with Crippen LogP contribution in [0.25, 0.3) is 10.2 Å². The minimum atomic E-state index is 0.117. The van der Waals surface area contributed by atoms with Crippen molar-refractivity contribution < 1.29 is 0 Å². The van der Waals surface area contributed by atoms with Gasteiger partial charge in [-0.1, -0.05) is 0 Å². The normalized spacial score (nSPS) is 14.8. The molecule has 3 rings (SSSR count). The summed E-state index contributed by atoms with van der Waals surface area (Å²) in [6.45, 7) is 2.64. The summed E-state index contributed by atoms with van der Waals surface area (Å²) in [7, 11) is 1.81. The van der Waals surface area contributed by atoms with E-state index in [9.17, 15) is 4.79 Å². The van der Waals surface area contributed by atoms with Gasteiger partial charge in [-0.2, -0.15) is 0 Å². The first-order valence-electron chi connectivity index (χ1n) is 6.49. The van der Waals surface area contributed by atoms with Gasteiger partial charge >= 0.3 is 0 Å². The van der Waals surface area contributed by atoms with Crippen molar-refractivity contribution in [2.75, 3.05) is 12.4 Å². The van der Waals surface area contributed by atoms with Crippen molar-refractivity contribution >= 4 is 27.5 Å². The van der Waals surface area contributed by atoms with Crippen molar-refractivity contribution in [3.05, 3.63) is 20.8 Å². The molecule has 0 aliphatic heterocycles. The van der Waals surface area contributed by atoms with Crippen molar-refractivity contribution in [3.8, 4) is 0 Å². The molecule has 0 unspecified atom stereocenters. The lowest BCUT2D eigenvalue weighted by molar-refractivity contribution is 0.696. The first-order chi connectivity index (χ1) is 8.76. The number of rotatable bonds is 2. The van der Waals surface area contributed by atoms with Crippen LogP contribution < -0.4 is 10.9 Å². The molecule has 1 aliphatic rings. The van der Waals surface area contributed by atoms with Gasteiger partial charge < -0.3 is 5.32 Å². The second-order valence-electron chi connectivity index (χ2n) is 4.63. The van der Waals surface area contributed by atoms with E-state index in [0.29, 0.717) is 12.5 Å². The molecule has 0 radical (unpaired) electrons. The van der Waals surface area contributed by atoms with Gasteiger partial charge in [0, 0.05) is 18.5 Å². The lowest BCUT2D eigenvalue weighted by Gasteiger charge is -2.11. The van der Waals surface area contributed by atoms with Gasteiger partial charge in [0.1, 0.15) is 4.83 Å². The number of thiophene rings is 1. The summed E-state index contributed by atoms with van der Waals surface area (Å²) in [6, 6.07) is 0. The highest BCUT2D eigenvalue weighted by Crippen LogP contribution is 2.34. The van der Waals surface area contributed by atoms with Crippen LogP contribution in [0.1, 0.15) is 30.2 Å². The highest BCUT2D eigenvalue weighted by Gasteiger charge is 2.21. The van der Waals surface area contributed by atoms with E-state index in [-0.39, 0.29) is 5.56 Å². The number of aromatic nitrogens is 2. The van der Waals surface area contributed by atoms with Crippen LogP contribution in [0.3, 0.4) is 0 Å². The molecular weight excluding hydrogens is 246 g/mol. The molecular formula is C13H17N3OS. The zero-order valence-electron chi connectivity index (χ0n) is 10.7. The molecule has 18 heavy (non-hydrogen) atoms. The van der Waals surface area contributed by atoms with Crippen LogP contribution >= 0.6 is 11.3 Å². The van der Waals surface area contributed by atoms with E-state index in [4.69, 9.17) is 0 Å². The number of hydrogen-bond acceptors (Lipinski definition) is 4. The smallest absolute Gasteiger partial charge is 0.263 e. The molecule has 2 aromatic heterocycles. The Morgan fingerprint density at radius 1 is 1.39 bits per heavy atom. The number of anilines is 1. The zero-order valence-corrected chi connectivity index (χ0v) is 11.6. The van der Waals surface area contributed by atoms with Crippen LogP contribution in [0.15, 0.2) is 4.79 Å². The minimum absolute atomic E-state index is 0.117. The third kappa shape index (κ3) is 1.57. The van der Waals surface area contributed by atoms with Gasteiger partial charge in [-0.3, -0.25) is 9.36 Å².